The molecule has 23 heavy (non-hydrogen) atoms. The zero-order chi connectivity index (χ0) is 17.3. The highest BCUT2D eigenvalue weighted by Gasteiger charge is 2.34. The molecular formula is C14H11NO8. The third-order valence-corrected chi connectivity index (χ3v) is 3.40. The number of nitrogens with one attached hydrogen (secondary N) is 1. The van der Waals surface area contributed by atoms with Crippen molar-refractivity contribution in [3.63, 3.8) is 0 Å². The number of H-pyrrole nitrogens is 1. The van der Waals surface area contributed by atoms with E-state index < -0.39 is 35.7 Å². The molecule has 2 rings (SSSR count). The van der Waals surface area contributed by atoms with Crippen molar-refractivity contribution in [3.8, 4) is 0 Å². The van der Waals surface area contributed by atoms with Gasteiger partial charge >= 0.3 is 23.9 Å². The summed E-state index contributed by atoms with van der Waals surface area (Å²) in [5, 5.41) is 36.4. The quantitative estimate of drug-likeness (QED) is 0.484. The van der Waals surface area contributed by atoms with E-state index in [1.807, 2.05) is 0 Å². The van der Waals surface area contributed by atoms with Gasteiger partial charge in [-0.15, -0.1) is 0 Å². The Morgan fingerprint density at radius 2 is 1.17 bits per heavy atom. The average Bonchev–Trinajstić information content (AvgIpc) is 2.89. The number of fused-ring (bicyclic) bond motifs is 1. The Hall–Kier alpha value is -3.36. The van der Waals surface area contributed by atoms with Crippen LogP contribution in [0.25, 0.3) is 10.9 Å². The van der Waals surface area contributed by atoms with Crippen LogP contribution in [0.15, 0.2) is 24.4 Å². The van der Waals surface area contributed by atoms with Crippen LogP contribution in [-0.4, -0.2) is 49.3 Å². The summed E-state index contributed by atoms with van der Waals surface area (Å²) in [4.78, 5) is 47.3. The molecule has 1 aromatic heterocycles. The number of rotatable bonds is 6. The fourth-order valence-electron chi connectivity index (χ4n) is 2.44. The molecule has 0 bridgehead atoms. The minimum atomic E-state index is -1.86. The molecule has 0 amide bonds. The summed E-state index contributed by atoms with van der Waals surface area (Å²) in [7, 11) is 0. The van der Waals surface area contributed by atoms with Crippen LogP contribution < -0.4 is 0 Å². The van der Waals surface area contributed by atoms with Gasteiger partial charge in [0.05, 0.1) is 5.52 Å². The molecule has 0 saturated carbocycles. The van der Waals surface area contributed by atoms with Crippen molar-refractivity contribution < 1.29 is 39.6 Å². The predicted molar refractivity (Wildman–Crippen MR) is 74.3 cm³/mol. The molecule has 0 aliphatic carbocycles. The summed E-state index contributed by atoms with van der Waals surface area (Å²) in [6.45, 7) is 0. The normalized spacial score (nSPS) is 11.0. The first-order valence-electron chi connectivity index (χ1n) is 6.26. The lowest BCUT2D eigenvalue weighted by atomic mass is 9.90. The largest absolute Gasteiger partial charge is 0.480 e. The molecule has 1 aromatic carbocycles. The van der Waals surface area contributed by atoms with Gasteiger partial charge in [0.2, 0.25) is 0 Å². The first kappa shape index (κ1) is 16.0. The molecule has 5 N–H and O–H groups in total. The van der Waals surface area contributed by atoms with Crippen molar-refractivity contribution in [2.24, 2.45) is 0 Å². The summed E-state index contributed by atoms with van der Waals surface area (Å²) >= 11 is 0. The van der Waals surface area contributed by atoms with Crippen LogP contribution in [0.2, 0.25) is 0 Å². The smallest absolute Gasteiger partial charge is 0.322 e. The van der Waals surface area contributed by atoms with E-state index in [1.54, 1.807) is 0 Å². The monoisotopic (exact) mass is 321 g/mol. The maximum atomic E-state index is 11.2. The van der Waals surface area contributed by atoms with Crippen molar-refractivity contribution in [2.75, 3.05) is 0 Å². The molecule has 0 fully saturated rings. The molecule has 0 saturated heterocycles. The molecule has 120 valence electrons. The predicted octanol–water partition coefficient (Wildman–Crippen LogP) is 0.673. The molecule has 9 nitrogen and oxygen atoms in total. The number of aliphatic carboxylic acids is 4. The highest BCUT2D eigenvalue weighted by Crippen LogP contribution is 2.32. The van der Waals surface area contributed by atoms with Crippen molar-refractivity contribution in [3.05, 3.63) is 35.5 Å². The summed E-state index contributed by atoms with van der Waals surface area (Å²) in [6.07, 6.45) is 1.35. The summed E-state index contributed by atoms with van der Waals surface area (Å²) in [6, 6.07) is 3.60. The fraction of sp³-hybridized carbons (Fsp3) is 0.143. The number of carbonyl (C=O) groups is 4. The van der Waals surface area contributed by atoms with Crippen LogP contribution in [0.5, 0.6) is 0 Å². The molecule has 0 unspecified atom stereocenters. The van der Waals surface area contributed by atoms with Crippen LogP contribution in [0, 0.1) is 0 Å². The highest BCUT2D eigenvalue weighted by atomic mass is 16.4. The maximum Gasteiger partial charge on any atom is 0.322 e. The van der Waals surface area contributed by atoms with Gasteiger partial charge in [0.1, 0.15) is 0 Å². The number of carboxylic acid groups (broad SMARTS) is 4. The van der Waals surface area contributed by atoms with Gasteiger partial charge in [-0.05, 0) is 11.6 Å². The average molecular weight is 321 g/mol. The van der Waals surface area contributed by atoms with Gasteiger partial charge < -0.3 is 25.4 Å². The van der Waals surface area contributed by atoms with Crippen molar-refractivity contribution in [1.29, 1.82) is 0 Å². The van der Waals surface area contributed by atoms with E-state index in [1.165, 1.54) is 12.3 Å². The van der Waals surface area contributed by atoms with E-state index in [0.717, 1.165) is 12.1 Å². The molecule has 1 heterocycles. The van der Waals surface area contributed by atoms with E-state index in [0.29, 0.717) is 0 Å². The molecule has 0 radical (unpaired) electrons. The first-order chi connectivity index (χ1) is 10.8. The number of aromatic amines is 1. The van der Waals surface area contributed by atoms with Crippen molar-refractivity contribution in [1.82, 2.24) is 4.98 Å². The highest BCUT2D eigenvalue weighted by molar-refractivity contribution is 6.06. The molecule has 0 spiro atoms. The van der Waals surface area contributed by atoms with E-state index in [-0.39, 0.29) is 22.0 Å². The Morgan fingerprint density at radius 3 is 1.65 bits per heavy atom. The lowest BCUT2D eigenvalue weighted by Gasteiger charge is -2.14. The minimum Gasteiger partial charge on any atom is -0.480 e. The Balaban J connectivity index is 2.72. The third-order valence-electron chi connectivity index (χ3n) is 3.40. The Bertz CT molecular complexity index is 727. The van der Waals surface area contributed by atoms with E-state index in [9.17, 15) is 19.2 Å². The lowest BCUT2D eigenvalue weighted by Crippen LogP contribution is -2.23. The second-order valence-electron chi connectivity index (χ2n) is 4.73. The van der Waals surface area contributed by atoms with Gasteiger partial charge in [-0.2, -0.15) is 0 Å². The number of aromatic nitrogens is 1. The van der Waals surface area contributed by atoms with Crippen molar-refractivity contribution >= 4 is 34.8 Å². The molecule has 0 aliphatic heterocycles. The fourth-order valence-corrected chi connectivity index (χ4v) is 2.44. The van der Waals surface area contributed by atoms with E-state index in [2.05, 4.69) is 4.98 Å². The Morgan fingerprint density at radius 1 is 0.739 bits per heavy atom. The molecule has 2 aromatic rings. The van der Waals surface area contributed by atoms with Gasteiger partial charge in [-0.1, -0.05) is 12.1 Å². The van der Waals surface area contributed by atoms with Crippen LogP contribution in [0.3, 0.4) is 0 Å². The SMILES string of the molecule is O=C(O)C(C(=O)O)c1ccc(C(C(=O)O)C(=O)O)c2[nH]ccc12. The summed E-state index contributed by atoms with van der Waals surface area (Å²) in [5.74, 6) is -10.1. The molecular weight excluding hydrogens is 310 g/mol. The number of hydrogen-bond donors (Lipinski definition) is 5. The van der Waals surface area contributed by atoms with E-state index in [4.69, 9.17) is 20.4 Å². The second-order valence-corrected chi connectivity index (χ2v) is 4.73. The maximum absolute atomic E-state index is 11.2. The van der Waals surface area contributed by atoms with Crippen LogP contribution in [0.1, 0.15) is 23.0 Å². The van der Waals surface area contributed by atoms with Gasteiger partial charge in [-0.25, -0.2) is 0 Å². The topological polar surface area (TPSA) is 165 Å². The number of benzene rings is 1. The minimum absolute atomic E-state index is 0.0699. The van der Waals surface area contributed by atoms with Crippen LogP contribution in [-0.2, 0) is 19.2 Å². The zero-order valence-corrected chi connectivity index (χ0v) is 11.4. The Kier molecular flexibility index (Phi) is 4.04. The number of hydrogen-bond acceptors (Lipinski definition) is 4. The zero-order valence-electron chi connectivity index (χ0n) is 11.4. The summed E-state index contributed by atoms with van der Waals surface area (Å²) in [5.41, 5.74) is -0.0902. The second kappa shape index (κ2) is 5.79. The first-order valence-corrected chi connectivity index (χ1v) is 6.26. The third kappa shape index (κ3) is 2.71. The van der Waals surface area contributed by atoms with E-state index >= 15 is 0 Å². The molecule has 0 aliphatic rings. The van der Waals surface area contributed by atoms with Gasteiger partial charge in [-0.3, -0.25) is 19.2 Å². The van der Waals surface area contributed by atoms with Gasteiger partial charge in [0.15, 0.2) is 11.8 Å². The summed E-state index contributed by atoms with van der Waals surface area (Å²) < 4.78 is 0. The van der Waals surface area contributed by atoms with Gasteiger partial charge in [0.25, 0.3) is 0 Å². The standard InChI is InChI=1S/C14H11NO8/c16-11(17)8(12(18)19)5-1-2-7(9(13(20)21)14(22)23)10-6(5)3-4-15-10/h1-4,8-9,15H,(H,16,17)(H,18,19)(H,20,21)(H,22,23). The van der Waals surface area contributed by atoms with Gasteiger partial charge in [0, 0.05) is 17.1 Å². The molecule has 9 heteroatoms. The number of carboxylic acids is 4. The molecule has 0 atom stereocenters. The van der Waals surface area contributed by atoms with Crippen molar-refractivity contribution in [2.45, 2.75) is 11.8 Å². The Labute approximate surface area is 127 Å². The lowest BCUT2D eigenvalue weighted by molar-refractivity contribution is -0.152. The van der Waals surface area contributed by atoms with Crippen LogP contribution >= 0.6 is 0 Å². The van der Waals surface area contributed by atoms with Crippen LogP contribution in [0.4, 0.5) is 0 Å².